The number of para-hydroxylation sites is 1. The first kappa shape index (κ1) is 12.2. The quantitative estimate of drug-likeness (QED) is 0.852. The van der Waals surface area contributed by atoms with Crippen molar-refractivity contribution >= 4 is 5.69 Å². The standard InChI is InChI=1S/C15H19N3O/c1-15(2,3)14-17-13(19-18-14)11-8-10-6-4-5-7-12(10)16-9-11/h4-7,11,16H,8-9H2,1-3H3. The Balaban J connectivity index is 1.83. The van der Waals surface area contributed by atoms with Gasteiger partial charge >= 0.3 is 0 Å². The van der Waals surface area contributed by atoms with Crippen molar-refractivity contribution < 1.29 is 4.52 Å². The molecule has 4 heteroatoms. The lowest BCUT2D eigenvalue weighted by Crippen LogP contribution is -2.22. The van der Waals surface area contributed by atoms with Crippen molar-refractivity contribution in [1.82, 2.24) is 10.1 Å². The molecule has 0 bridgehead atoms. The summed E-state index contributed by atoms with van der Waals surface area (Å²) < 4.78 is 5.44. The van der Waals surface area contributed by atoms with Crippen LogP contribution in [-0.4, -0.2) is 16.7 Å². The van der Waals surface area contributed by atoms with Crippen molar-refractivity contribution in [2.75, 3.05) is 11.9 Å². The van der Waals surface area contributed by atoms with E-state index in [1.807, 2.05) is 0 Å². The van der Waals surface area contributed by atoms with Crippen LogP contribution in [0.5, 0.6) is 0 Å². The van der Waals surface area contributed by atoms with Crippen LogP contribution in [0.3, 0.4) is 0 Å². The minimum atomic E-state index is -0.0677. The zero-order valence-corrected chi connectivity index (χ0v) is 11.6. The van der Waals surface area contributed by atoms with E-state index < -0.39 is 0 Å². The van der Waals surface area contributed by atoms with E-state index in [-0.39, 0.29) is 11.3 Å². The van der Waals surface area contributed by atoms with Gasteiger partial charge in [0.1, 0.15) is 0 Å². The third kappa shape index (κ3) is 2.35. The highest BCUT2D eigenvalue weighted by Gasteiger charge is 2.27. The van der Waals surface area contributed by atoms with Crippen LogP contribution in [0.4, 0.5) is 5.69 Å². The van der Waals surface area contributed by atoms with E-state index in [9.17, 15) is 0 Å². The molecule has 0 spiro atoms. The molecule has 1 unspecified atom stereocenters. The minimum Gasteiger partial charge on any atom is -0.384 e. The zero-order chi connectivity index (χ0) is 13.5. The van der Waals surface area contributed by atoms with Gasteiger partial charge in [-0.05, 0) is 18.1 Å². The highest BCUT2D eigenvalue weighted by atomic mass is 16.5. The SMILES string of the molecule is CC(C)(C)c1noc(C2CNc3ccccc3C2)n1. The molecule has 2 aromatic rings. The van der Waals surface area contributed by atoms with Crippen molar-refractivity contribution in [3.05, 3.63) is 41.5 Å². The van der Waals surface area contributed by atoms with E-state index in [2.05, 4.69) is 60.5 Å². The molecule has 1 atom stereocenters. The Morgan fingerprint density at radius 1 is 1.26 bits per heavy atom. The Morgan fingerprint density at radius 2 is 2.05 bits per heavy atom. The second kappa shape index (κ2) is 4.37. The van der Waals surface area contributed by atoms with E-state index in [0.717, 1.165) is 24.7 Å². The number of aromatic nitrogens is 2. The number of benzene rings is 1. The van der Waals surface area contributed by atoms with E-state index in [1.165, 1.54) is 11.3 Å². The average Bonchev–Trinajstić information content (AvgIpc) is 2.87. The summed E-state index contributed by atoms with van der Waals surface area (Å²) in [5, 5.41) is 7.54. The first-order chi connectivity index (χ1) is 9.04. The van der Waals surface area contributed by atoms with Gasteiger partial charge in [0.2, 0.25) is 5.89 Å². The van der Waals surface area contributed by atoms with Gasteiger partial charge in [-0.25, -0.2) is 0 Å². The lowest BCUT2D eigenvalue weighted by Gasteiger charge is -2.23. The summed E-state index contributed by atoms with van der Waals surface area (Å²) in [6, 6.07) is 8.38. The molecular weight excluding hydrogens is 238 g/mol. The van der Waals surface area contributed by atoms with Crippen molar-refractivity contribution in [3.8, 4) is 0 Å². The van der Waals surface area contributed by atoms with Crippen LogP contribution in [0, 0.1) is 0 Å². The molecule has 0 aliphatic carbocycles. The second-order valence-electron chi connectivity index (χ2n) is 6.15. The molecule has 2 heterocycles. The summed E-state index contributed by atoms with van der Waals surface area (Å²) in [7, 11) is 0. The third-order valence-electron chi connectivity index (χ3n) is 3.48. The first-order valence-corrected chi connectivity index (χ1v) is 6.70. The van der Waals surface area contributed by atoms with Crippen molar-refractivity contribution in [1.29, 1.82) is 0 Å². The summed E-state index contributed by atoms with van der Waals surface area (Å²) in [6.45, 7) is 7.13. The predicted octanol–water partition coefficient (Wildman–Crippen LogP) is 3.12. The molecule has 1 aromatic heterocycles. The Bertz CT molecular complexity index is 583. The molecule has 3 rings (SSSR count). The average molecular weight is 257 g/mol. The summed E-state index contributed by atoms with van der Waals surface area (Å²) >= 11 is 0. The molecule has 0 fully saturated rings. The molecule has 1 aliphatic heterocycles. The second-order valence-corrected chi connectivity index (χ2v) is 6.15. The van der Waals surface area contributed by atoms with Gasteiger partial charge in [-0.1, -0.05) is 44.1 Å². The Kier molecular flexibility index (Phi) is 2.81. The molecule has 0 amide bonds. The molecule has 0 radical (unpaired) electrons. The maximum Gasteiger partial charge on any atom is 0.231 e. The highest BCUT2D eigenvalue weighted by molar-refractivity contribution is 5.53. The largest absolute Gasteiger partial charge is 0.384 e. The van der Waals surface area contributed by atoms with E-state index in [0.29, 0.717) is 0 Å². The highest BCUT2D eigenvalue weighted by Crippen LogP contribution is 2.30. The number of hydrogen-bond donors (Lipinski definition) is 1. The smallest absolute Gasteiger partial charge is 0.231 e. The lowest BCUT2D eigenvalue weighted by atomic mass is 9.93. The predicted molar refractivity (Wildman–Crippen MR) is 74.4 cm³/mol. The fraction of sp³-hybridized carbons (Fsp3) is 0.467. The van der Waals surface area contributed by atoms with Crippen molar-refractivity contribution in [3.63, 3.8) is 0 Å². The Labute approximate surface area is 113 Å². The molecular formula is C15H19N3O. The molecule has 1 N–H and O–H groups in total. The zero-order valence-electron chi connectivity index (χ0n) is 11.6. The molecule has 19 heavy (non-hydrogen) atoms. The fourth-order valence-electron chi connectivity index (χ4n) is 2.32. The van der Waals surface area contributed by atoms with Crippen molar-refractivity contribution in [2.45, 2.75) is 38.5 Å². The van der Waals surface area contributed by atoms with Crippen molar-refractivity contribution in [2.24, 2.45) is 0 Å². The summed E-state index contributed by atoms with van der Waals surface area (Å²) in [5.41, 5.74) is 2.46. The fourth-order valence-corrected chi connectivity index (χ4v) is 2.32. The minimum absolute atomic E-state index is 0.0677. The lowest BCUT2D eigenvalue weighted by molar-refractivity contribution is 0.343. The summed E-state index contributed by atoms with van der Waals surface area (Å²) in [6.07, 6.45) is 0.953. The maximum atomic E-state index is 5.44. The van der Waals surface area contributed by atoms with Crippen LogP contribution < -0.4 is 5.32 Å². The number of hydrogen-bond acceptors (Lipinski definition) is 4. The van der Waals surface area contributed by atoms with Gasteiger partial charge < -0.3 is 9.84 Å². The number of anilines is 1. The Hall–Kier alpha value is -1.84. The van der Waals surface area contributed by atoms with E-state index in [1.54, 1.807) is 0 Å². The Morgan fingerprint density at radius 3 is 2.79 bits per heavy atom. The normalized spacial score (nSPS) is 18.8. The van der Waals surface area contributed by atoms with E-state index in [4.69, 9.17) is 4.52 Å². The monoisotopic (exact) mass is 257 g/mol. The van der Waals surface area contributed by atoms with Gasteiger partial charge in [0.05, 0.1) is 5.92 Å². The number of nitrogens with zero attached hydrogens (tertiary/aromatic N) is 2. The summed E-state index contributed by atoms with van der Waals surface area (Å²) in [4.78, 5) is 4.56. The van der Waals surface area contributed by atoms with Crippen LogP contribution in [0.15, 0.2) is 28.8 Å². The van der Waals surface area contributed by atoms with Gasteiger partial charge in [-0.15, -0.1) is 0 Å². The number of fused-ring (bicyclic) bond motifs is 1. The van der Waals surface area contributed by atoms with E-state index >= 15 is 0 Å². The van der Waals surface area contributed by atoms with Crippen LogP contribution in [0.25, 0.3) is 0 Å². The third-order valence-corrected chi connectivity index (χ3v) is 3.48. The maximum absolute atomic E-state index is 5.44. The molecule has 0 saturated carbocycles. The van der Waals surface area contributed by atoms with Crippen LogP contribution in [0.2, 0.25) is 0 Å². The van der Waals surface area contributed by atoms with Gasteiger partial charge in [0.15, 0.2) is 5.82 Å². The topological polar surface area (TPSA) is 51.0 Å². The molecule has 1 aromatic carbocycles. The van der Waals surface area contributed by atoms with Gasteiger partial charge in [0.25, 0.3) is 0 Å². The van der Waals surface area contributed by atoms with Gasteiger partial charge in [0, 0.05) is 17.6 Å². The van der Waals surface area contributed by atoms with Crippen LogP contribution in [0.1, 0.15) is 44.0 Å². The molecule has 1 aliphatic rings. The van der Waals surface area contributed by atoms with Gasteiger partial charge in [-0.2, -0.15) is 4.98 Å². The molecule has 100 valence electrons. The van der Waals surface area contributed by atoms with Crippen LogP contribution in [-0.2, 0) is 11.8 Å². The summed E-state index contributed by atoms with van der Waals surface area (Å²) in [5.74, 6) is 1.78. The first-order valence-electron chi connectivity index (χ1n) is 6.70. The van der Waals surface area contributed by atoms with Gasteiger partial charge in [-0.3, -0.25) is 0 Å². The number of nitrogens with one attached hydrogen (secondary N) is 1. The molecule has 4 nitrogen and oxygen atoms in total. The number of rotatable bonds is 1. The van der Waals surface area contributed by atoms with Crippen LogP contribution >= 0.6 is 0 Å². The molecule has 0 saturated heterocycles.